The van der Waals surface area contributed by atoms with E-state index in [0.29, 0.717) is 5.39 Å². The first-order valence-corrected chi connectivity index (χ1v) is 5.75. The number of aromatic hydroxyl groups is 2. The molecule has 0 saturated carbocycles. The third-order valence-electron chi connectivity index (χ3n) is 2.43. The minimum atomic E-state index is -0.0796. The molecule has 2 N–H and O–H groups in total. The van der Waals surface area contributed by atoms with E-state index in [0.717, 1.165) is 10.4 Å². The minimum Gasteiger partial charge on any atom is -0.504 e. The lowest BCUT2D eigenvalue weighted by Gasteiger charge is -2.05. The van der Waals surface area contributed by atoms with Gasteiger partial charge in [0.25, 0.3) is 0 Å². The summed E-state index contributed by atoms with van der Waals surface area (Å²) in [6.45, 7) is 0. The van der Waals surface area contributed by atoms with Gasteiger partial charge in [0.2, 0.25) is 5.52 Å². The van der Waals surface area contributed by atoms with Crippen LogP contribution >= 0.6 is 11.8 Å². The van der Waals surface area contributed by atoms with Crippen molar-refractivity contribution < 1.29 is 14.8 Å². The number of nitrogens with zero attached hydrogens (tertiary/aromatic N) is 1. The summed E-state index contributed by atoms with van der Waals surface area (Å²) in [4.78, 5) is 0.955. The molecule has 0 aliphatic carbocycles. The highest BCUT2D eigenvalue weighted by Gasteiger charge is 2.15. The molecular weight excluding hydrogens is 210 g/mol. The quantitative estimate of drug-likeness (QED) is 0.439. The van der Waals surface area contributed by atoms with Crippen molar-refractivity contribution in [3.63, 3.8) is 0 Å². The van der Waals surface area contributed by atoms with Crippen molar-refractivity contribution in [3.8, 4) is 11.5 Å². The summed E-state index contributed by atoms with van der Waals surface area (Å²) in [6, 6.07) is 5.22. The van der Waals surface area contributed by atoms with Crippen LogP contribution in [0.2, 0.25) is 0 Å². The monoisotopic (exact) mass is 222 g/mol. The van der Waals surface area contributed by atoms with Crippen LogP contribution in [-0.4, -0.2) is 16.5 Å². The van der Waals surface area contributed by atoms with E-state index in [9.17, 15) is 10.2 Å². The molecule has 0 fully saturated rings. The Bertz CT molecular complexity index is 525. The number of hydrogen-bond donors (Lipinski definition) is 2. The maximum Gasteiger partial charge on any atom is 0.217 e. The van der Waals surface area contributed by atoms with Gasteiger partial charge in [0.15, 0.2) is 17.7 Å². The number of fused-ring (bicyclic) bond motifs is 1. The normalized spacial score (nSPS) is 10.8. The molecule has 4 heteroatoms. The van der Waals surface area contributed by atoms with Gasteiger partial charge >= 0.3 is 0 Å². The SMILES string of the molecule is CSc1cc[n+](C)c2ccc(O)c(O)c12. The van der Waals surface area contributed by atoms with E-state index in [1.54, 1.807) is 17.8 Å². The van der Waals surface area contributed by atoms with E-state index in [1.807, 2.05) is 30.1 Å². The molecule has 0 aliphatic heterocycles. The largest absolute Gasteiger partial charge is 0.504 e. The van der Waals surface area contributed by atoms with Gasteiger partial charge < -0.3 is 10.2 Å². The number of thioether (sulfide) groups is 1. The number of phenolic OH excluding ortho intramolecular Hbond substituents is 2. The van der Waals surface area contributed by atoms with E-state index >= 15 is 0 Å². The third kappa shape index (κ3) is 1.51. The van der Waals surface area contributed by atoms with Gasteiger partial charge in [-0.15, -0.1) is 11.8 Å². The zero-order valence-electron chi connectivity index (χ0n) is 8.56. The first kappa shape index (κ1) is 10.1. The number of aromatic nitrogens is 1. The summed E-state index contributed by atoms with van der Waals surface area (Å²) in [6.07, 6.45) is 3.88. The number of pyridine rings is 1. The van der Waals surface area contributed by atoms with Crippen molar-refractivity contribution in [2.75, 3.05) is 6.26 Å². The predicted octanol–water partition coefficient (Wildman–Crippen LogP) is 1.80. The summed E-state index contributed by atoms with van der Waals surface area (Å²) < 4.78 is 1.91. The van der Waals surface area contributed by atoms with Crippen molar-refractivity contribution in [2.24, 2.45) is 7.05 Å². The highest BCUT2D eigenvalue weighted by Crippen LogP contribution is 2.37. The molecule has 0 saturated heterocycles. The van der Waals surface area contributed by atoms with E-state index < -0.39 is 0 Å². The van der Waals surface area contributed by atoms with E-state index in [4.69, 9.17) is 0 Å². The number of rotatable bonds is 1. The Hall–Kier alpha value is -1.42. The minimum absolute atomic E-state index is 0.0481. The molecule has 1 aromatic heterocycles. The zero-order valence-corrected chi connectivity index (χ0v) is 9.38. The van der Waals surface area contributed by atoms with E-state index in [2.05, 4.69) is 0 Å². The molecule has 0 bridgehead atoms. The van der Waals surface area contributed by atoms with Crippen LogP contribution in [0.4, 0.5) is 0 Å². The maximum absolute atomic E-state index is 9.82. The van der Waals surface area contributed by atoms with Crippen LogP contribution in [0.25, 0.3) is 10.9 Å². The lowest BCUT2D eigenvalue weighted by Crippen LogP contribution is -2.28. The molecule has 1 aromatic carbocycles. The molecular formula is C11H12NO2S+. The van der Waals surface area contributed by atoms with Crippen LogP contribution in [0, 0.1) is 0 Å². The van der Waals surface area contributed by atoms with Gasteiger partial charge in [-0.3, -0.25) is 0 Å². The molecule has 0 unspecified atom stereocenters. The Balaban J connectivity index is 2.95. The second-order valence-electron chi connectivity index (χ2n) is 3.32. The Kier molecular flexibility index (Phi) is 2.44. The van der Waals surface area contributed by atoms with Crippen molar-refractivity contribution in [3.05, 3.63) is 24.4 Å². The Morgan fingerprint density at radius 2 is 1.93 bits per heavy atom. The molecule has 2 aromatic rings. The average molecular weight is 222 g/mol. The van der Waals surface area contributed by atoms with E-state index in [-0.39, 0.29) is 11.5 Å². The molecule has 0 spiro atoms. The summed E-state index contributed by atoms with van der Waals surface area (Å²) >= 11 is 1.55. The lowest BCUT2D eigenvalue weighted by atomic mass is 10.2. The first-order chi connectivity index (χ1) is 7.15. The van der Waals surface area contributed by atoms with Gasteiger partial charge in [-0.05, 0) is 12.3 Å². The van der Waals surface area contributed by atoms with Crippen molar-refractivity contribution in [1.29, 1.82) is 0 Å². The fourth-order valence-electron chi connectivity index (χ4n) is 1.62. The molecule has 2 rings (SSSR count). The van der Waals surface area contributed by atoms with Gasteiger partial charge in [0.05, 0.1) is 0 Å². The standard InChI is InChI=1S/C11H11NO2S/c1-12-6-5-9(15-2)10-7(12)3-4-8(13)11(10)14/h3-6,13H,1-2H3/p+1. The average Bonchev–Trinajstić information content (AvgIpc) is 2.24. The molecule has 78 valence electrons. The number of aryl methyl sites for hydroxylation is 1. The van der Waals surface area contributed by atoms with Gasteiger partial charge in [0, 0.05) is 17.0 Å². The van der Waals surface area contributed by atoms with E-state index in [1.165, 1.54) is 6.07 Å². The van der Waals surface area contributed by atoms with Crippen LogP contribution in [0.15, 0.2) is 29.3 Å². The maximum atomic E-state index is 9.82. The van der Waals surface area contributed by atoms with Gasteiger partial charge in [0.1, 0.15) is 12.4 Å². The zero-order chi connectivity index (χ0) is 11.0. The van der Waals surface area contributed by atoms with Crippen LogP contribution in [0.5, 0.6) is 11.5 Å². The molecule has 1 heterocycles. The molecule has 3 nitrogen and oxygen atoms in total. The lowest BCUT2D eigenvalue weighted by molar-refractivity contribution is -0.645. The highest BCUT2D eigenvalue weighted by atomic mass is 32.2. The topological polar surface area (TPSA) is 44.3 Å². The fraction of sp³-hybridized carbons (Fsp3) is 0.182. The summed E-state index contributed by atoms with van der Waals surface area (Å²) in [5.41, 5.74) is 0.900. The Morgan fingerprint density at radius 1 is 1.20 bits per heavy atom. The van der Waals surface area contributed by atoms with Crippen LogP contribution in [0.1, 0.15) is 0 Å². The van der Waals surface area contributed by atoms with Crippen LogP contribution in [-0.2, 0) is 7.05 Å². The van der Waals surface area contributed by atoms with Crippen molar-refractivity contribution >= 4 is 22.7 Å². The second kappa shape index (κ2) is 3.62. The smallest absolute Gasteiger partial charge is 0.217 e. The summed E-state index contributed by atoms with van der Waals surface area (Å²) in [5, 5.41) is 20.0. The van der Waals surface area contributed by atoms with Crippen molar-refractivity contribution in [2.45, 2.75) is 4.90 Å². The second-order valence-corrected chi connectivity index (χ2v) is 4.17. The number of benzene rings is 1. The summed E-state index contributed by atoms with van der Waals surface area (Å²) in [5.74, 6) is -0.128. The Labute approximate surface area is 92.0 Å². The molecule has 0 amide bonds. The molecule has 15 heavy (non-hydrogen) atoms. The molecule has 0 radical (unpaired) electrons. The van der Waals surface area contributed by atoms with Crippen LogP contribution < -0.4 is 4.57 Å². The fourth-order valence-corrected chi connectivity index (χ4v) is 2.22. The highest BCUT2D eigenvalue weighted by molar-refractivity contribution is 7.98. The first-order valence-electron chi connectivity index (χ1n) is 4.52. The molecule has 0 atom stereocenters. The van der Waals surface area contributed by atoms with Gasteiger partial charge in [-0.2, -0.15) is 0 Å². The predicted molar refractivity (Wildman–Crippen MR) is 60.2 cm³/mol. The molecule has 0 aliphatic rings. The summed E-state index contributed by atoms with van der Waals surface area (Å²) in [7, 11) is 1.91. The Morgan fingerprint density at radius 3 is 2.60 bits per heavy atom. The van der Waals surface area contributed by atoms with Gasteiger partial charge in [-0.1, -0.05) is 0 Å². The van der Waals surface area contributed by atoms with Crippen LogP contribution in [0.3, 0.4) is 0 Å². The number of phenols is 2. The number of hydrogen-bond acceptors (Lipinski definition) is 3. The van der Waals surface area contributed by atoms with Gasteiger partial charge in [-0.25, -0.2) is 4.57 Å². The third-order valence-corrected chi connectivity index (χ3v) is 3.21. The van der Waals surface area contributed by atoms with Crippen molar-refractivity contribution in [1.82, 2.24) is 0 Å².